The SMILES string of the molecule is CCC1=C(C#N)[C@H](c2cccnc2)C(C(=O)OC)=C(N)O1. The number of hydrogen-bond donors (Lipinski definition) is 1. The van der Waals surface area contributed by atoms with Crippen LogP contribution >= 0.6 is 0 Å². The number of rotatable bonds is 3. The van der Waals surface area contributed by atoms with Gasteiger partial charge in [0.2, 0.25) is 5.88 Å². The van der Waals surface area contributed by atoms with Gasteiger partial charge in [-0.05, 0) is 11.6 Å². The van der Waals surface area contributed by atoms with E-state index >= 15 is 0 Å². The first-order valence-electron chi connectivity index (χ1n) is 6.42. The Morgan fingerprint density at radius 2 is 2.38 bits per heavy atom. The van der Waals surface area contributed by atoms with Gasteiger partial charge in [0.15, 0.2) is 0 Å². The van der Waals surface area contributed by atoms with Crippen molar-refractivity contribution in [1.82, 2.24) is 4.98 Å². The Labute approximate surface area is 122 Å². The molecule has 6 nitrogen and oxygen atoms in total. The van der Waals surface area contributed by atoms with Crippen LogP contribution in [0.4, 0.5) is 0 Å². The highest BCUT2D eigenvalue weighted by Crippen LogP contribution is 2.39. The topological polar surface area (TPSA) is 98.2 Å². The summed E-state index contributed by atoms with van der Waals surface area (Å²) >= 11 is 0. The molecule has 0 radical (unpaired) electrons. The number of aromatic nitrogens is 1. The van der Waals surface area contributed by atoms with Crippen molar-refractivity contribution in [3.63, 3.8) is 0 Å². The molecule has 0 aromatic carbocycles. The monoisotopic (exact) mass is 285 g/mol. The molecular formula is C15H15N3O3. The van der Waals surface area contributed by atoms with Crippen LogP contribution in [0.3, 0.4) is 0 Å². The number of carbonyl (C=O) groups excluding carboxylic acids is 1. The van der Waals surface area contributed by atoms with Gasteiger partial charge in [0.05, 0.1) is 24.7 Å². The number of methoxy groups -OCH3 is 1. The molecule has 1 aliphatic heterocycles. The minimum absolute atomic E-state index is 0.0356. The van der Waals surface area contributed by atoms with Gasteiger partial charge in [-0.3, -0.25) is 4.98 Å². The van der Waals surface area contributed by atoms with E-state index in [9.17, 15) is 10.1 Å². The lowest BCUT2D eigenvalue weighted by Gasteiger charge is -2.27. The van der Waals surface area contributed by atoms with E-state index in [1.165, 1.54) is 7.11 Å². The summed E-state index contributed by atoms with van der Waals surface area (Å²) in [6, 6.07) is 5.63. The lowest BCUT2D eigenvalue weighted by atomic mass is 9.83. The summed E-state index contributed by atoms with van der Waals surface area (Å²) in [6.07, 6.45) is 3.70. The van der Waals surface area contributed by atoms with Crippen LogP contribution in [-0.4, -0.2) is 18.1 Å². The van der Waals surface area contributed by atoms with Crippen LogP contribution in [0.2, 0.25) is 0 Å². The second-order valence-corrected chi connectivity index (χ2v) is 4.39. The molecule has 0 saturated carbocycles. The first-order chi connectivity index (χ1) is 10.1. The number of esters is 1. The van der Waals surface area contributed by atoms with Gasteiger partial charge in [-0.15, -0.1) is 0 Å². The molecule has 0 unspecified atom stereocenters. The minimum atomic E-state index is -0.625. The fourth-order valence-electron chi connectivity index (χ4n) is 2.29. The maximum atomic E-state index is 12.0. The van der Waals surface area contributed by atoms with E-state index in [-0.39, 0.29) is 11.5 Å². The first-order valence-corrected chi connectivity index (χ1v) is 6.42. The number of carbonyl (C=O) groups is 1. The van der Waals surface area contributed by atoms with Gasteiger partial charge in [-0.25, -0.2) is 4.79 Å². The van der Waals surface area contributed by atoms with Gasteiger partial charge in [-0.2, -0.15) is 5.26 Å². The minimum Gasteiger partial charge on any atom is -0.465 e. The summed E-state index contributed by atoms with van der Waals surface area (Å²) in [5.41, 5.74) is 7.02. The molecular weight excluding hydrogens is 270 g/mol. The highest BCUT2D eigenvalue weighted by atomic mass is 16.5. The Kier molecular flexibility index (Phi) is 4.24. The third-order valence-electron chi connectivity index (χ3n) is 3.24. The molecule has 2 rings (SSSR count). The van der Waals surface area contributed by atoms with Gasteiger partial charge in [-0.1, -0.05) is 13.0 Å². The van der Waals surface area contributed by atoms with Gasteiger partial charge >= 0.3 is 5.97 Å². The zero-order chi connectivity index (χ0) is 15.4. The van der Waals surface area contributed by atoms with Crippen LogP contribution in [0.15, 0.2) is 47.3 Å². The Bertz CT molecular complexity index is 656. The third-order valence-corrected chi connectivity index (χ3v) is 3.24. The molecule has 2 heterocycles. The van der Waals surface area contributed by atoms with Crippen molar-refractivity contribution in [1.29, 1.82) is 5.26 Å². The predicted molar refractivity (Wildman–Crippen MR) is 74.2 cm³/mol. The normalized spacial score (nSPS) is 18.0. The summed E-state index contributed by atoms with van der Waals surface area (Å²) in [5.74, 6) is -0.827. The van der Waals surface area contributed by atoms with Gasteiger partial charge in [0, 0.05) is 18.8 Å². The summed E-state index contributed by atoms with van der Waals surface area (Å²) in [7, 11) is 1.26. The van der Waals surface area contributed by atoms with E-state index in [0.717, 1.165) is 0 Å². The molecule has 0 fully saturated rings. The number of allylic oxidation sites excluding steroid dienone is 2. The lowest BCUT2D eigenvalue weighted by Crippen LogP contribution is -2.26. The van der Waals surface area contributed by atoms with Crippen LogP contribution in [0.5, 0.6) is 0 Å². The fourth-order valence-corrected chi connectivity index (χ4v) is 2.29. The van der Waals surface area contributed by atoms with Crippen LogP contribution < -0.4 is 5.73 Å². The summed E-state index contributed by atoms with van der Waals surface area (Å²) < 4.78 is 10.2. The first kappa shape index (κ1) is 14.6. The molecule has 0 saturated heterocycles. The molecule has 1 aromatic heterocycles. The highest BCUT2D eigenvalue weighted by molar-refractivity contribution is 5.92. The van der Waals surface area contributed by atoms with Gasteiger partial charge in [0.25, 0.3) is 0 Å². The molecule has 21 heavy (non-hydrogen) atoms. The number of nitriles is 1. The van der Waals surface area contributed by atoms with E-state index in [0.29, 0.717) is 23.3 Å². The van der Waals surface area contributed by atoms with Crippen LogP contribution in [0, 0.1) is 11.3 Å². The summed E-state index contributed by atoms with van der Waals surface area (Å²) in [4.78, 5) is 16.1. The van der Waals surface area contributed by atoms with Crippen molar-refractivity contribution in [2.45, 2.75) is 19.3 Å². The van der Waals surface area contributed by atoms with E-state index in [4.69, 9.17) is 15.2 Å². The molecule has 1 aromatic rings. The maximum absolute atomic E-state index is 12.0. The van der Waals surface area contributed by atoms with E-state index in [1.807, 2.05) is 6.92 Å². The van der Waals surface area contributed by atoms with Crippen molar-refractivity contribution in [3.05, 3.63) is 52.9 Å². The molecule has 0 spiro atoms. The highest BCUT2D eigenvalue weighted by Gasteiger charge is 2.36. The zero-order valence-corrected chi connectivity index (χ0v) is 11.8. The molecule has 0 aliphatic carbocycles. The standard InChI is InChI=1S/C15H15N3O3/c1-3-11-10(7-16)12(9-5-4-6-18-8-9)13(14(17)21-11)15(19)20-2/h4-6,8,12H,3,17H2,1-2H3/t12-/m0/s1. The van der Waals surface area contributed by atoms with E-state index in [1.54, 1.807) is 24.5 Å². The molecule has 1 aliphatic rings. The summed E-state index contributed by atoms with van der Waals surface area (Å²) in [5, 5.41) is 9.46. The van der Waals surface area contributed by atoms with Gasteiger partial charge in [0.1, 0.15) is 11.3 Å². The largest absolute Gasteiger partial charge is 0.465 e. The molecule has 1 atom stereocenters. The molecule has 0 bridgehead atoms. The number of ether oxygens (including phenoxy) is 2. The maximum Gasteiger partial charge on any atom is 0.340 e. The zero-order valence-electron chi connectivity index (χ0n) is 11.8. The average molecular weight is 285 g/mol. The van der Waals surface area contributed by atoms with Crippen molar-refractivity contribution in [2.75, 3.05) is 7.11 Å². The summed E-state index contributed by atoms with van der Waals surface area (Å²) in [6.45, 7) is 1.85. The Hall–Kier alpha value is -2.81. The number of nitrogens with zero attached hydrogens (tertiary/aromatic N) is 2. The van der Waals surface area contributed by atoms with Crippen LogP contribution in [0.25, 0.3) is 0 Å². The lowest BCUT2D eigenvalue weighted by molar-refractivity contribution is -0.136. The Morgan fingerprint density at radius 3 is 2.90 bits per heavy atom. The second kappa shape index (κ2) is 6.09. The fraction of sp³-hybridized carbons (Fsp3) is 0.267. The third kappa shape index (κ3) is 2.58. The van der Waals surface area contributed by atoms with Crippen molar-refractivity contribution in [3.8, 4) is 6.07 Å². The Balaban J connectivity index is 2.65. The van der Waals surface area contributed by atoms with Gasteiger partial charge < -0.3 is 15.2 Å². The van der Waals surface area contributed by atoms with E-state index in [2.05, 4.69) is 11.1 Å². The number of hydrogen-bond acceptors (Lipinski definition) is 6. The molecule has 6 heteroatoms. The van der Waals surface area contributed by atoms with E-state index < -0.39 is 11.9 Å². The van der Waals surface area contributed by atoms with Crippen molar-refractivity contribution in [2.24, 2.45) is 5.73 Å². The average Bonchev–Trinajstić information content (AvgIpc) is 2.53. The quantitative estimate of drug-likeness (QED) is 0.849. The number of pyridine rings is 1. The molecule has 108 valence electrons. The molecule has 0 amide bonds. The van der Waals surface area contributed by atoms with Crippen LogP contribution in [-0.2, 0) is 14.3 Å². The Morgan fingerprint density at radius 1 is 1.62 bits per heavy atom. The van der Waals surface area contributed by atoms with Crippen molar-refractivity contribution >= 4 is 5.97 Å². The number of nitrogens with two attached hydrogens (primary N) is 1. The molecule has 2 N–H and O–H groups in total. The predicted octanol–water partition coefficient (Wildman–Crippen LogP) is 1.73. The van der Waals surface area contributed by atoms with Crippen LogP contribution in [0.1, 0.15) is 24.8 Å². The van der Waals surface area contributed by atoms with Crippen molar-refractivity contribution < 1.29 is 14.3 Å². The second-order valence-electron chi connectivity index (χ2n) is 4.39. The smallest absolute Gasteiger partial charge is 0.340 e.